The number of anilines is 1. The third-order valence-corrected chi connectivity index (χ3v) is 4.28. The van der Waals surface area contributed by atoms with Gasteiger partial charge in [0, 0.05) is 24.6 Å². The van der Waals surface area contributed by atoms with Crippen LogP contribution in [0.25, 0.3) is 0 Å². The minimum Gasteiger partial charge on any atom is -0.495 e. The fourth-order valence-electron chi connectivity index (χ4n) is 2.80. The Bertz CT molecular complexity index is 810. The number of ether oxygens (including phenoxy) is 1. The average Bonchev–Trinajstić information content (AvgIpc) is 3.31. The Morgan fingerprint density at radius 3 is 2.69 bits per heavy atom. The fourth-order valence-corrected chi connectivity index (χ4v) is 2.80. The van der Waals surface area contributed by atoms with Gasteiger partial charge >= 0.3 is 6.18 Å². The van der Waals surface area contributed by atoms with Crippen molar-refractivity contribution >= 4 is 11.6 Å². The van der Waals surface area contributed by atoms with E-state index in [0.29, 0.717) is 17.1 Å². The zero-order chi connectivity index (χ0) is 18.9. The summed E-state index contributed by atoms with van der Waals surface area (Å²) in [7, 11) is 1.50. The van der Waals surface area contributed by atoms with Gasteiger partial charge in [0.05, 0.1) is 12.8 Å². The van der Waals surface area contributed by atoms with Gasteiger partial charge in [0.25, 0.3) is 0 Å². The van der Waals surface area contributed by atoms with Crippen molar-refractivity contribution in [2.24, 2.45) is 0 Å². The molecule has 1 saturated carbocycles. The van der Waals surface area contributed by atoms with Crippen molar-refractivity contribution in [3.8, 4) is 5.75 Å². The highest BCUT2D eigenvalue weighted by Crippen LogP contribution is 2.42. The summed E-state index contributed by atoms with van der Waals surface area (Å²) in [5.74, 6) is 0.333. The molecule has 1 aromatic heterocycles. The minimum absolute atomic E-state index is 0.0236. The van der Waals surface area contributed by atoms with E-state index in [9.17, 15) is 18.0 Å². The Balaban J connectivity index is 1.68. The summed E-state index contributed by atoms with van der Waals surface area (Å²) in [6, 6.07) is 6.49. The summed E-state index contributed by atoms with van der Waals surface area (Å²) in [6.07, 6.45) is -2.74. The van der Waals surface area contributed by atoms with Crippen LogP contribution in [-0.4, -0.2) is 22.8 Å². The van der Waals surface area contributed by atoms with Gasteiger partial charge in [-0.2, -0.15) is 18.3 Å². The van der Waals surface area contributed by atoms with E-state index in [0.717, 1.165) is 24.5 Å². The molecule has 0 radical (unpaired) electrons. The maximum atomic E-state index is 12.9. The predicted molar refractivity (Wildman–Crippen MR) is 90.2 cm³/mol. The lowest BCUT2D eigenvalue weighted by Gasteiger charge is -2.11. The third kappa shape index (κ3) is 4.17. The highest BCUT2D eigenvalue weighted by Gasteiger charge is 2.37. The molecule has 26 heavy (non-hydrogen) atoms. The maximum absolute atomic E-state index is 12.9. The topological polar surface area (TPSA) is 56.1 Å². The molecule has 0 bridgehead atoms. The Morgan fingerprint density at radius 2 is 2.08 bits per heavy atom. The van der Waals surface area contributed by atoms with Crippen LogP contribution in [0.4, 0.5) is 18.9 Å². The van der Waals surface area contributed by atoms with Gasteiger partial charge in [0.15, 0.2) is 5.69 Å². The van der Waals surface area contributed by atoms with Crippen LogP contribution < -0.4 is 10.1 Å². The van der Waals surface area contributed by atoms with Crippen LogP contribution >= 0.6 is 0 Å². The summed E-state index contributed by atoms with van der Waals surface area (Å²) in [5, 5.41) is 6.40. The Kier molecular flexibility index (Phi) is 4.93. The number of rotatable bonds is 6. The molecule has 1 aromatic carbocycles. The number of halogens is 3. The molecule has 0 aliphatic heterocycles. The lowest BCUT2D eigenvalue weighted by Crippen LogP contribution is -2.17. The van der Waals surface area contributed by atoms with E-state index in [2.05, 4.69) is 10.4 Å². The van der Waals surface area contributed by atoms with E-state index in [1.807, 2.05) is 13.0 Å². The second-order valence-electron chi connectivity index (χ2n) is 6.45. The number of amides is 1. The van der Waals surface area contributed by atoms with E-state index in [-0.39, 0.29) is 24.8 Å². The van der Waals surface area contributed by atoms with Crippen molar-refractivity contribution in [2.75, 3.05) is 12.4 Å². The first-order valence-electron chi connectivity index (χ1n) is 8.37. The van der Waals surface area contributed by atoms with Crippen LogP contribution in [0.15, 0.2) is 24.3 Å². The molecule has 1 fully saturated rings. The van der Waals surface area contributed by atoms with E-state index in [1.54, 1.807) is 12.1 Å². The van der Waals surface area contributed by atoms with Gasteiger partial charge < -0.3 is 10.1 Å². The largest absolute Gasteiger partial charge is 0.495 e. The summed E-state index contributed by atoms with van der Waals surface area (Å²) < 4.78 is 45.2. The summed E-state index contributed by atoms with van der Waals surface area (Å²) in [5.41, 5.74) is 1.15. The molecule has 1 aliphatic carbocycles. The second kappa shape index (κ2) is 7.01. The van der Waals surface area contributed by atoms with Crippen molar-refractivity contribution in [1.82, 2.24) is 9.78 Å². The standard InChI is InChI=1S/C18H20F3N3O2/c1-11-3-6-15(26-2)13(9-11)22-17(25)7-8-24-14(12-4-5-12)10-16(23-24)18(19,20)21/h3,6,9-10,12H,4-5,7-8H2,1-2H3,(H,22,25). The molecular formula is C18H20F3N3O2. The number of carbonyl (C=O) groups is 1. The molecule has 1 aliphatic rings. The van der Waals surface area contributed by atoms with Gasteiger partial charge in [0.1, 0.15) is 5.75 Å². The molecule has 0 spiro atoms. The second-order valence-corrected chi connectivity index (χ2v) is 6.45. The van der Waals surface area contributed by atoms with Gasteiger partial charge in [0.2, 0.25) is 5.91 Å². The quantitative estimate of drug-likeness (QED) is 0.835. The molecular weight excluding hydrogens is 347 g/mol. The lowest BCUT2D eigenvalue weighted by atomic mass is 10.2. The van der Waals surface area contributed by atoms with Gasteiger partial charge in [-0.05, 0) is 43.5 Å². The van der Waals surface area contributed by atoms with Crippen LogP contribution in [-0.2, 0) is 17.5 Å². The normalized spacial score (nSPS) is 14.3. The van der Waals surface area contributed by atoms with Gasteiger partial charge in [-0.15, -0.1) is 0 Å². The van der Waals surface area contributed by atoms with Gasteiger partial charge in [-0.25, -0.2) is 0 Å². The van der Waals surface area contributed by atoms with Gasteiger partial charge in [-0.3, -0.25) is 9.48 Å². The molecule has 8 heteroatoms. The SMILES string of the molecule is COc1ccc(C)cc1NC(=O)CCn1nc(C(F)(F)F)cc1C1CC1. The van der Waals surface area contributed by atoms with E-state index >= 15 is 0 Å². The number of benzene rings is 1. The number of aryl methyl sites for hydroxylation is 2. The molecule has 1 N–H and O–H groups in total. The first kappa shape index (κ1) is 18.3. The van der Waals surface area contributed by atoms with Crippen molar-refractivity contribution in [2.45, 2.75) is 44.8 Å². The van der Waals surface area contributed by atoms with Gasteiger partial charge in [-0.1, -0.05) is 6.07 Å². The van der Waals surface area contributed by atoms with Crippen molar-refractivity contribution in [3.05, 3.63) is 41.2 Å². The lowest BCUT2D eigenvalue weighted by molar-refractivity contribution is -0.141. The van der Waals surface area contributed by atoms with E-state index in [4.69, 9.17) is 4.74 Å². The zero-order valence-corrected chi connectivity index (χ0v) is 14.6. The molecule has 0 saturated heterocycles. The zero-order valence-electron chi connectivity index (χ0n) is 14.6. The average molecular weight is 367 g/mol. The smallest absolute Gasteiger partial charge is 0.435 e. The number of nitrogens with zero attached hydrogens (tertiary/aromatic N) is 2. The first-order valence-corrected chi connectivity index (χ1v) is 8.37. The van der Waals surface area contributed by atoms with Crippen LogP contribution in [0, 0.1) is 6.92 Å². The van der Waals surface area contributed by atoms with E-state index < -0.39 is 11.9 Å². The van der Waals surface area contributed by atoms with Crippen LogP contribution in [0.1, 0.15) is 42.1 Å². The predicted octanol–water partition coefficient (Wildman–Crippen LogP) is 4.13. The number of hydrogen-bond acceptors (Lipinski definition) is 3. The summed E-state index contributed by atoms with van der Waals surface area (Å²) >= 11 is 0. The summed E-state index contributed by atoms with van der Waals surface area (Å²) in [6.45, 7) is 1.99. The van der Waals surface area contributed by atoms with Crippen molar-refractivity contribution in [1.29, 1.82) is 0 Å². The number of hydrogen-bond donors (Lipinski definition) is 1. The Morgan fingerprint density at radius 1 is 1.35 bits per heavy atom. The third-order valence-electron chi connectivity index (χ3n) is 4.28. The van der Waals surface area contributed by atoms with Crippen LogP contribution in [0.5, 0.6) is 5.75 Å². The molecule has 140 valence electrons. The molecule has 1 amide bonds. The van der Waals surface area contributed by atoms with Crippen LogP contribution in [0.3, 0.4) is 0 Å². The number of carbonyl (C=O) groups excluding carboxylic acids is 1. The highest BCUT2D eigenvalue weighted by atomic mass is 19.4. The molecule has 2 aromatic rings. The maximum Gasteiger partial charge on any atom is 0.435 e. The van der Waals surface area contributed by atoms with Crippen molar-refractivity contribution < 1.29 is 22.7 Å². The van der Waals surface area contributed by atoms with Crippen molar-refractivity contribution in [3.63, 3.8) is 0 Å². The van der Waals surface area contributed by atoms with E-state index in [1.165, 1.54) is 11.8 Å². The number of nitrogens with one attached hydrogen (secondary N) is 1. The number of methoxy groups -OCH3 is 1. The molecule has 5 nitrogen and oxygen atoms in total. The molecule has 1 heterocycles. The summed E-state index contributed by atoms with van der Waals surface area (Å²) in [4.78, 5) is 12.2. The molecule has 0 atom stereocenters. The molecule has 0 unspecified atom stereocenters. The highest BCUT2D eigenvalue weighted by molar-refractivity contribution is 5.92. The fraction of sp³-hybridized carbons (Fsp3) is 0.444. The number of aromatic nitrogens is 2. The Labute approximate surface area is 149 Å². The molecule has 3 rings (SSSR count). The minimum atomic E-state index is -4.48. The number of alkyl halides is 3. The Hall–Kier alpha value is -2.51. The first-order chi connectivity index (χ1) is 12.3. The van der Waals surface area contributed by atoms with Crippen LogP contribution in [0.2, 0.25) is 0 Å². The monoisotopic (exact) mass is 367 g/mol.